The lowest BCUT2D eigenvalue weighted by molar-refractivity contribution is -0.113. The van der Waals surface area contributed by atoms with Crippen LogP contribution in [0, 0.1) is 13.8 Å². The van der Waals surface area contributed by atoms with Crippen LogP contribution in [0.4, 0.5) is 5.69 Å². The molecule has 1 amide bonds. The Hall–Kier alpha value is -2.70. The molecular weight excluding hydrogens is 398 g/mol. The number of nitrogens with zero attached hydrogens (tertiary/aromatic N) is 2. The van der Waals surface area contributed by atoms with E-state index >= 15 is 0 Å². The van der Waals surface area contributed by atoms with Gasteiger partial charge in [0.05, 0.1) is 5.75 Å². The number of fused-ring (bicyclic) bond motifs is 1. The number of hydrogen-bond donors (Lipinski definition) is 1. The van der Waals surface area contributed by atoms with Crippen LogP contribution in [0.1, 0.15) is 21.6 Å². The summed E-state index contributed by atoms with van der Waals surface area (Å²) < 4.78 is 0. The van der Waals surface area contributed by atoms with E-state index in [2.05, 4.69) is 47.3 Å². The van der Waals surface area contributed by atoms with Crippen molar-refractivity contribution in [2.75, 3.05) is 11.1 Å². The van der Waals surface area contributed by atoms with Crippen molar-refractivity contribution in [3.8, 4) is 0 Å². The number of rotatable bonds is 6. The number of carbonyl (C=O) groups is 1. The zero-order chi connectivity index (χ0) is 20.2. The van der Waals surface area contributed by atoms with Crippen molar-refractivity contribution in [3.63, 3.8) is 0 Å². The van der Waals surface area contributed by atoms with Gasteiger partial charge in [-0.2, -0.15) is 0 Å². The molecule has 0 fully saturated rings. The monoisotopic (exact) mass is 419 g/mol. The van der Waals surface area contributed by atoms with Crippen molar-refractivity contribution in [1.82, 2.24) is 9.97 Å². The summed E-state index contributed by atoms with van der Waals surface area (Å²) in [4.78, 5) is 23.6. The Bertz CT molecular complexity index is 1160. The van der Waals surface area contributed by atoms with E-state index in [0.717, 1.165) is 32.9 Å². The van der Waals surface area contributed by atoms with Gasteiger partial charge in [0.15, 0.2) is 0 Å². The molecule has 4 nitrogen and oxygen atoms in total. The van der Waals surface area contributed by atoms with Gasteiger partial charge in [-0.3, -0.25) is 4.79 Å². The number of amides is 1. The average molecular weight is 420 g/mol. The van der Waals surface area contributed by atoms with Gasteiger partial charge in [-0.1, -0.05) is 60.3 Å². The molecule has 4 rings (SSSR count). The topological polar surface area (TPSA) is 54.9 Å². The van der Waals surface area contributed by atoms with Crippen LogP contribution in [0.25, 0.3) is 10.2 Å². The summed E-state index contributed by atoms with van der Waals surface area (Å²) in [6, 6.07) is 18.2. The predicted molar refractivity (Wildman–Crippen MR) is 122 cm³/mol. The maximum Gasteiger partial charge on any atom is 0.234 e. The van der Waals surface area contributed by atoms with Gasteiger partial charge in [0.1, 0.15) is 16.2 Å². The van der Waals surface area contributed by atoms with Crippen LogP contribution in [-0.2, 0) is 11.2 Å². The zero-order valence-electron chi connectivity index (χ0n) is 16.3. The summed E-state index contributed by atoms with van der Waals surface area (Å²) >= 11 is 3.13. The summed E-state index contributed by atoms with van der Waals surface area (Å²) in [5, 5.41) is 5.00. The third-order valence-electron chi connectivity index (χ3n) is 4.80. The Morgan fingerprint density at radius 1 is 1.03 bits per heavy atom. The highest BCUT2D eigenvalue weighted by Gasteiger charge is 2.14. The smallest absolute Gasteiger partial charge is 0.234 e. The second-order valence-corrected chi connectivity index (χ2v) is 8.97. The van der Waals surface area contributed by atoms with E-state index in [4.69, 9.17) is 0 Å². The Morgan fingerprint density at radius 3 is 2.62 bits per heavy atom. The predicted octanol–water partition coefficient (Wildman–Crippen LogP) is 5.63. The molecule has 1 N–H and O–H groups in total. The second-order valence-electron chi connectivity index (χ2n) is 6.80. The van der Waals surface area contributed by atoms with Crippen LogP contribution >= 0.6 is 23.1 Å². The normalized spacial score (nSPS) is 11.0. The first-order valence-electron chi connectivity index (χ1n) is 9.37. The standard InChI is InChI=1S/C23H21N3OS2/c1-15-16(2)29-23-21(15)22(24-14-25-23)28-13-20(27)26-19-11-7-6-10-18(19)12-17-8-4-3-5-9-17/h3-11,14H,12-13H2,1-2H3,(H,26,27). The van der Waals surface area contributed by atoms with Gasteiger partial charge in [-0.05, 0) is 43.0 Å². The van der Waals surface area contributed by atoms with E-state index in [1.807, 2.05) is 36.4 Å². The first-order chi connectivity index (χ1) is 14.1. The number of nitrogens with one attached hydrogen (secondary N) is 1. The van der Waals surface area contributed by atoms with E-state index in [1.165, 1.54) is 27.8 Å². The zero-order valence-corrected chi connectivity index (χ0v) is 17.9. The van der Waals surface area contributed by atoms with Crippen LogP contribution in [0.15, 0.2) is 66.0 Å². The van der Waals surface area contributed by atoms with Crippen molar-refractivity contribution in [2.45, 2.75) is 25.3 Å². The Morgan fingerprint density at radius 2 is 1.79 bits per heavy atom. The molecule has 0 aliphatic heterocycles. The van der Waals surface area contributed by atoms with Crippen molar-refractivity contribution < 1.29 is 4.79 Å². The van der Waals surface area contributed by atoms with E-state index < -0.39 is 0 Å². The average Bonchev–Trinajstić information content (AvgIpc) is 3.03. The number of hydrogen-bond acceptors (Lipinski definition) is 5. The van der Waals surface area contributed by atoms with Gasteiger partial charge in [-0.25, -0.2) is 9.97 Å². The van der Waals surface area contributed by atoms with Gasteiger partial charge in [0.2, 0.25) is 5.91 Å². The van der Waals surface area contributed by atoms with E-state index in [1.54, 1.807) is 17.7 Å². The first-order valence-corrected chi connectivity index (χ1v) is 11.2. The molecule has 0 bridgehead atoms. The molecule has 29 heavy (non-hydrogen) atoms. The van der Waals surface area contributed by atoms with Crippen molar-refractivity contribution >= 4 is 44.9 Å². The highest BCUT2D eigenvalue weighted by molar-refractivity contribution is 8.00. The number of aromatic nitrogens is 2. The summed E-state index contributed by atoms with van der Waals surface area (Å²) in [7, 11) is 0. The van der Waals surface area contributed by atoms with Gasteiger partial charge in [0.25, 0.3) is 0 Å². The minimum atomic E-state index is -0.0353. The molecule has 2 heterocycles. The molecule has 0 aliphatic rings. The lowest BCUT2D eigenvalue weighted by Gasteiger charge is -2.11. The number of anilines is 1. The number of carbonyl (C=O) groups excluding carboxylic acids is 1. The summed E-state index contributed by atoms with van der Waals surface area (Å²) in [5.74, 6) is 0.270. The molecule has 0 spiro atoms. The molecule has 0 aliphatic carbocycles. The van der Waals surface area contributed by atoms with Crippen LogP contribution in [0.5, 0.6) is 0 Å². The third-order valence-corrected chi connectivity index (χ3v) is 6.90. The Kier molecular flexibility index (Phi) is 5.92. The van der Waals surface area contributed by atoms with Gasteiger partial charge in [-0.15, -0.1) is 11.3 Å². The highest BCUT2D eigenvalue weighted by atomic mass is 32.2. The molecule has 0 radical (unpaired) electrons. The molecule has 2 aromatic heterocycles. The van der Waals surface area contributed by atoms with Crippen LogP contribution in [0.2, 0.25) is 0 Å². The molecule has 0 saturated carbocycles. The lowest BCUT2D eigenvalue weighted by Crippen LogP contribution is -2.15. The summed E-state index contributed by atoms with van der Waals surface area (Å²) in [6.45, 7) is 4.17. The van der Waals surface area contributed by atoms with E-state index in [9.17, 15) is 4.79 Å². The number of aryl methyl sites for hydroxylation is 2. The van der Waals surface area contributed by atoms with E-state index in [0.29, 0.717) is 5.75 Å². The number of benzene rings is 2. The summed E-state index contributed by atoms with van der Waals surface area (Å²) in [5.41, 5.74) is 4.38. The maximum atomic E-state index is 12.6. The van der Waals surface area contributed by atoms with E-state index in [-0.39, 0.29) is 5.91 Å². The SMILES string of the molecule is Cc1sc2ncnc(SCC(=O)Nc3ccccc3Cc3ccccc3)c2c1C. The fourth-order valence-corrected chi connectivity index (χ4v) is 5.11. The van der Waals surface area contributed by atoms with Crippen molar-refractivity contribution in [2.24, 2.45) is 0 Å². The van der Waals surface area contributed by atoms with Gasteiger partial charge in [0, 0.05) is 16.0 Å². The molecule has 0 unspecified atom stereocenters. The highest BCUT2D eigenvalue weighted by Crippen LogP contribution is 2.34. The van der Waals surface area contributed by atoms with Crippen molar-refractivity contribution in [3.05, 3.63) is 82.5 Å². The number of para-hydroxylation sites is 1. The minimum Gasteiger partial charge on any atom is -0.325 e. The second kappa shape index (κ2) is 8.76. The van der Waals surface area contributed by atoms with Gasteiger partial charge < -0.3 is 5.32 Å². The minimum absolute atomic E-state index is 0.0353. The molecule has 4 aromatic rings. The van der Waals surface area contributed by atoms with Crippen LogP contribution in [-0.4, -0.2) is 21.6 Å². The Labute approximate surface area is 178 Å². The molecule has 6 heteroatoms. The molecule has 2 aromatic carbocycles. The van der Waals surface area contributed by atoms with Gasteiger partial charge >= 0.3 is 0 Å². The molecule has 0 atom stereocenters. The maximum absolute atomic E-state index is 12.6. The molecule has 0 saturated heterocycles. The quantitative estimate of drug-likeness (QED) is 0.325. The summed E-state index contributed by atoms with van der Waals surface area (Å²) in [6.07, 6.45) is 2.36. The van der Waals surface area contributed by atoms with Crippen LogP contribution in [0.3, 0.4) is 0 Å². The lowest BCUT2D eigenvalue weighted by atomic mass is 10.0. The first kappa shape index (κ1) is 19.6. The van der Waals surface area contributed by atoms with Crippen molar-refractivity contribution in [1.29, 1.82) is 0 Å². The van der Waals surface area contributed by atoms with Crippen LogP contribution < -0.4 is 5.32 Å². The number of thiophene rings is 1. The molecule has 146 valence electrons. The Balaban J connectivity index is 1.46. The fourth-order valence-electron chi connectivity index (χ4n) is 3.19. The largest absolute Gasteiger partial charge is 0.325 e. The fraction of sp³-hybridized carbons (Fsp3) is 0.174. The number of thioether (sulfide) groups is 1. The third kappa shape index (κ3) is 4.49. The molecular formula is C23H21N3OS2.